The normalized spacial score (nSPS) is 11.1. The van der Waals surface area contributed by atoms with Crippen LogP contribution in [0.25, 0.3) is 0 Å². The molecule has 1 heterocycles. The zero-order valence-electron chi connectivity index (χ0n) is 7.29. The number of halogens is 1. The highest BCUT2D eigenvalue weighted by Gasteiger charge is 2.08. The summed E-state index contributed by atoms with van der Waals surface area (Å²) in [4.78, 5) is 0. The van der Waals surface area contributed by atoms with Crippen LogP contribution in [0.4, 0.5) is 0 Å². The second kappa shape index (κ2) is 3.92. The molecular formula is C8H13ClN2O. The first kappa shape index (κ1) is 9.55. The van der Waals surface area contributed by atoms with Crippen molar-refractivity contribution in [3.8, 4) is 0 Å². The Hall–Kier alpha value is -0.540. The molecule has 0 spiro atoms. The monoisotopic (exact) mass is 188 g/mol. The van der Waals surface area contributed by atoms with Gasteiger partial charge in [-0.05, 0) is 5.92 Å². The van der Waals surface area contributed by atoms with E-state index < -0.39 is 0 Å². The van der Waals surface area contributed by atoms with Gasteiger partial charge in [-0.2, -0.15) is 5.10 Å². The Morgan fingerprint density at radius 2 is 2.33 bits per heavy atom. The maximum atomic E-state index is 8.96. The lowest BCUT2D eigenvalue weighted by Gasteiger charge is -2.07. The van der Waals surface area contributed by atoms with E-state index in [-0.39, 0.29) is 6.61 Å². The van der Waals surface area contributed by atoms with Crippen LogP contribution in [0, 0.1) is 5.92 Å². The fourth-order valence-electron chi connectivity index (χ4n) is 1.05. The zero-order chi connectivity index (χ0) is 9.14. The molecule has 0 bridgehead atoms. The molecule has 0 amide bonds. The maximum absolute atomic E-state index is 8.96. The lowest BCUT2D eigenvalue weighted by atomic mass is 10.2. The van der Waals surface area contributed by atoms with E-state index in [2.05, 4.69) is 18.9 Å². The molecule has 0 aliphatic carbocycles. The molecule has 1 N–H and O–H groups in total. The fraction of sp³-hybridized carbons (Fsp3) is 0.625. The van der Waals surface area contributed by atoms with Gasteiger partial charge in [-0.15, -0.1) is 0 Å². The van der Waals surface area contributed by atoms with Crippen molar-refractivity contribution in [1.82, 2.24) is 9.78 Å². The summed E-state index contributed by atoms with van der Waals surface area (Å²) in [5, 5.41) is 13.5. The standard InChI is InChI=1S/C8H13ClN2O/c1-6(2)4-11-8(5-12)7(9)3-10-11/h3,6,12H,4-5H2,1-2H3. The van der Waals surface area contributed by atoms with Gasteiger partial charge in [-0.25, -0.2) is 0 Å². The van der Waals surface area contributed by atoms with Crippen molar-refractivity contribution in [3.05, 3.63) is 16.9 Å². The van der Waals surface area contributed by atoms with Crippen molar-refractivity contribution >= 4 is 11.6 Å². The molecule has 0 unspecified atom stereocenters. The van der Waals surface area contributed by atoms with Crippen molar-refractivity contribution in [1.29, 1.82) is 0 Å². The highest BCUT2D eigenvalue weighted by atomic mass is 35.5. The summed E-state index contributed by atoms with van der Waals surface area (Å²) in [7, 11) is 0. The minimum absolute atomic E-state index is 0.0500. The molecule has 0 fully saturated rings. The van der Waals surface area contributed by atoms with E-state index in [1.807, 2.05) is 0 Å². The lowest BCUT2D eigenvalue weighted by Crippen LogP contribution is -2.09. The van der Waals surface area contributed by atoms with Gasteiger partial charge in [0.2, 0.25) is 0 Å². The Kier molecular flexibility index (Phi) is 3.12. The van der Waals surface area contributed by atoms with Crippen LogP contribution < -0.4 is 0 Å². The third-order valence-corrected chi connectivity index (χ3v) is 1.90. The number of hydrogen-bond donors (Lipinski definition) is 1. The van der Waals surface area contributed by atoms with E-state index >= 15 is 0 Å². The van der Waals surface area contributed by atoms with Crippen molar-refractivity contribution in [2.45, 2.75) is 27.0 Å². The Morgan fingerprint density at radius 3 is 2.83 bits per heavy atom. The van der Waals surface area contributed by atoms with Gasteiger partial charge in [-0.1, -0.05) is 25.4 Å². The second-order valence-corrected chi connectivity index (χ2v) is 3.58. The Morgan fingerprint density at radius 1 is 1.67 bits per heavy atom. The summed E-state index contributed by atoms with van der Waals surface area (Å²) in [6, 6.07) is 0. The molecule has 0 aromatic carbocycles. The van der Waals surface area contributed by atoms with Crippen LogP contribution in [-0.2, 0) is 13.2 Å². The van der Waals surface area contributed by atoms with E-state index in [0.717, 1.165) is 6.54 Å². The molecule has 0 aliphatic rings. The molecule has 68 valence electrons. The fourth-order valence-corrected chi connectivity index (χ4v) is 1.25. The second-order valence-electron chi connectivity index (χ2n) is 3.17. The molecule has 0 aliphatic heterocycles. The van der Waals surface area contributed by atoms with Crippen molar-refractivity contribution in [2.75, 3.05) is 0 Å². The van der Waals surface area contributed by atoms with Crippen LogP contribution in [0.1, 0.15) is 19.5 Å². The van der Waals surface area contributed by atoms with Gasteiger partial charge in [-0.3, -0.25) is 4.68 Å². The van der Waals surface area contributed by atoms with Crippen molar-refractivity contribution in [3.63, 3.8) is 0 Å². The van der Waals surface area contributed by atoms with E-state index in [1.165, 1.54) is 0 Å². The molecule has 0 atom stereocenters. The first-order chi connectivity index (χ1) is 5.65. The van der Waals surface area contributed by atoms with Crippen molar-refractivity contribution in [2.24, 2.45) is 5.92 Å². The van der Waals surface area contributed by atoms with Crippen LogP contribution in [0.15, 0.2) is 6.20 Å². The van der Waals surface area contributed by atoms with Crippen LogP contribution in [0.5, 0.6) is 0 Å². The molecule has 4 heteroatoms. The van der Waals surface area contributed by atoms with Crippen LogP contribution in [0.2, 0.25) is 5.02 Å². The van der Waals surface area contributed by atoms with Gasteiger partial charge in [0.25, 0.3) is 0 Å². The highest BCUT2D eigenvalue weighted by Crippen LogP contribution is 2.15. The summed E-state index contributed by atoms with van der Waals surface area (Å²) in [5.41, 5.74) is 0.699. The smallest absolute Gasteiger partial charge is 0.0865 e. The summed E-state index contributed by atoms with van der Waals surface area (Å²) in [6.45, 7) is 4.93. The summed E-state index contributed by atoms with van der Waals surface area (Å²) in [5.74, 6) is 0.506. The number of aliphatic hydroxyl groups excluding tert-OH is 1. The largest absolute Gasteiger partial charge is 0.390 e. The Bertz CT molecular complexity index is 258. The SMILES string of the molecule is CC(C)Cn1ncc(Cl)c1CO. The molecule has 1 aromatic heterocycles. The van der Waals surface area contributed by atoms with Gasteiger partial charge >= 0.3 is 0 Å². The van der Waals surface area contributed by atoms with Gasteiger partial charge in [0.1, 0.15) is 0 Å². The molecular weight excluding hydrogens is 176 g/mol. The third kappa shape index (κ3) is 1.99. The summed E-state index contributed by atoms with van der Waals surface area (Å²) in [6.07, 6.45) is 1.56. The number of hydrogen-bond acceptors (Lipinski definition) is 2. The number of aliphatic hydroxyl groups is 1. The number of rotatable bonds is 3. The number of aromatic nitrogens is 2. The van der Waals surface area contributed by atoms with Gasteiger partial charge in [0.05, 0.1) is 23.5 Å². The van der Waals surface area contributed by atoms with Gasteiger partial charge in [0, 0.05) is 6.54 Å². The molecule has 0 saturated carbocycles. The average Bonchev–Trinajstić information content (AvgIpc) is 2.30. The predicted octanol–water partition coefficient (Wildman–Crippen LogP) is 1.68. The molecule has 12 heavy (non-hydrogen) atoms. The third-order valence-electron chi connectivity index (χ3n) is 1.59. The first-order valence-electron chi connectivity index (χ1n) is 3.96. The van der Waals surface area contributed by atoms with Gasteiger partial charge < -0.3 is 5.11 Å². The average molecular weight is 189 g/mol. The topological polar surface area (TPSA) is 38.0 Å². The van der Waals surface area contributed by atoms with E-state index in [1.54, 1.807) is 10.9 Å². The summed E-state index contributed by atoms with van der Waals surface area (Å²) >= 11 is 5.79. The summed E-state index contributed by atoms with van der Waals surface area (Å²) < 4.78 is 1.74. The molecule has 0 saturated heterocycles. The van der Waals surface area contributed by atoms with Crippen LogP contribution >= 0.6 is 11.6 Å². The maximum Gasteiger partial charge on any atom is 0.0865 e. The predicted molar refractivity (Wildman–Crippen MR) is 48.0 cm³/mol. The van der Waals surface area contributed by atoms with Gasteiger partial charge in [0.15, 0.2) is 0 Å². The molecule has 3 nitrogen and oxygen atoms in total. The van der Waals surface area contributed by atoms with E-state index in [4.69, 9.17) is 16.7 Å². The Balaban J connectivity index is 2.84. The lowest BCUT2D eigenvalue weighted by molar-refractivity contribution is 0.264. The Labute approximate surface area is 77.0 Å². The van der Waals surface area contributed by atoms with E-state index in [9.17, 15) is 0 Å². The molecule has 0 radical (unpaired) electrons. The molecule has 1 aromatic rings. The van der Waals surface area contributed by atoms with Crippen molar-refractivity contribution < 1.29 is 5.11 Å². The number of nitrogens with zero attached hydrogens (tertiary/aromatic N) is 2. The minimum atomic E-state index is -0.0500. The molecule has 1 rings (SSSR count). The minimum Gasteiger partial charge on any atom is -0.390 e. The highest BCUT2D eigenvalue weighted by molar-refractivity contribution is 6.31. The van der Waals surface area contributed by atoms with Crippen LogP contribution in [0.3, 0.4) is 0 Å². The quantitative estimate of drug-likeness (QED) is 0.784. The zero-order valence-corrected chi connectivity index (χ0v) is 8.04. The first-order valence-corrected chi connectivity index (χ1v) is 4.34. The van der Waals surface area contributed by atoms with Crippen LogP contribution in [-0.4, -0.2) is 14.9 Å². The van der Waals surface area contributed by atoms with E-state index in [0.29, 0.717) is 16.6 Å².